The molecule has 0 radical (unpaired) electrons. The Kier molecular flexibility index (Phi) is 3.50. The molecule has 1 aromatic carbocycles. The summed E-state index contributed by atoms with van der Waals surface area (Å²) in [6.45, 7) is 1.85. The van der Waals surface area contributed by atoms with Crippen LogP contribution in [0.4, 0.5) is 0 Å². The van der Waals surface area contributed by atoms with Crippen LogP contribution in [0.3, 0.4) is 0 Å². The number of methoxy groups -OCH3 is 1. The van der Waals surface area contributed by atoms with E-state index in [-0.39, 0.29) is 0 Å². The molecule has 0 amide bonds. The van der Waals surface area contributed by atoms with Crippen molar-refractivity contribution in [3.8, 4) is 5.88 Å². The first-order valence-electron chi connectivity index (χ1n) is 5.46. The van der Waals surface area contributed by atoms with Crippen LogP contribution in [0, 0.1) is 0 Å². The first kappa shape index (κ1) is 12.8. The molecule has 0 spiro atoms. The Morgan fingerprint density at radius 1 is 1.28 bits per heavy atom. The van der Waals surface area contributed by atoms with Crippen molar-refractivity contribution in [3.05, 3.63) is 52.9 Å². The minimum atomic E-state index is -0.815. The number of nitrogens with two attached hydrogens (primary N) is 1. The second-order valence-electron chi connectivity index (χ2n) is 4.13. The summed E-state index contributed by atoms with van der Waals surface area (Å²) in [4.78, 5) is 8.39. The standard InChI is InChI=1S/C13H14ClN3O/c1-13(15,9-4-3-5-10(14)8-9)11-12(18-2)17-7-6-16-11/h3-8H,15H2,1-2H3. The van der Waals surface area contributed by atoms with Crippen molar-refractivity contribution in [1.82, 2.24) is 9.97 Å². The van der Waals surface area contributed by atoms with Crippen LogP contribution in [0.5, 0.6) is 5.88 Å². The molecule has 2 N–H and O–H groups in total. The van der Waals surface area contributed by atoms with Crippen LogP contribution in [0.2, 0.25) is 5.02 Å². The number of benzene rings is 1. The average molecular weight is 264 g/mol. The maximum absolute atomic E-state index is 6.36. The van der Waals surface area contributed by atoms with Crippen LogP contribution < -0.4 is 10.5 Å². The molecule has 0 bridgehead atoms. The Labute approximate surface area is 111 Å². The van der Waals surface area contributed by atoms with Gasteiger partial charge in [-0.25, -0.2) is 4.98 Å². The van der Waals surface area contributed by atoms with E-state index in [0.717, 1.165) is 5.56 Å². The molecule has 18 heavy (non-hydrogen) atoms. The number of ether oxygens (including phenoxy) is 1. The second-order valence-corrected chi connectivity index (χ2v) is 4.56. The molecular formula is C13H14ClN3O. The topological polar surface area (TPSA) is 61.0 Å². The van der Waals surface area contributed by atoms with Crippen LogP contribution in [-0.4, -0.2) is 17.1 Å². The molecule has 1 aromatic heterocycles. The van der Waals surface area contributed by atoms with Gasteiger partial charge in [0.2, 0.25) is 5.88 Å². The third-order valence-corrected chi connectivity index (χ3v) is 3.01. The highest BCUT2D eigenvalue weighted by molar-refractivity contribution is 6.30. The Morgan fingerprint density at radius 3 is 2.67 bits per heavy atom. The van der Waals surface area contributed by atoms with E-state index in [1.165, 1.54) is 0 Å². The van der Waals surface area contributed by atoms with Crippen molar-refractivity contribution in [2.24, 2.45) is 5.73 Å². The van der Waals surface area contributed by atoms with Gasteiger partial charge in [-0.15, -0.1) is 0 Å². The maximum atomic E-state index is 6.36. The zero-order chi connectivity index (χ0) is 13.2. The fourth-order valence-electron chi connectivity index (χ4n) is 1.78. The Hall–Kier alpha value is -1.65. The van der Waals surface area contributed by atoms with Crippen molar-refractivity contribution < 1.29 is 4.74 Å². The van der Waals surface area contributed by atoms with E-state index in [9.17, 15) is 0 Å². The van der Waals surface area contributed by atoms with Gasteiger partial charge in [-0.2, -0.15) is 0 Å². The Bertz CT molecular complexity index is 557. The van der Waals surface area contributed by atoms with Crippen molar-refractivity contribution in [1.29, 1.82) is 0 Å². The van der Waals surface area contributed by atoms with E-state index in [1.54, 1.807) is 25.6 Å². The van der Waals surface area contributed by atoms with Gasteiger partial charge in [0.15, 0.2) is 0 Å². The van der Waals surface area contributed by atoms with Gasteiger partial charge in [-0.05, 0) is 24.6 Å². The molecule has 0 saturated heterocycles. The minimum absolute atomic E-state index is 0.419. The van der Waals surface area contributed by atoms with E-state index in [4.69, 9.17) is 22.1 Å². The number of nitrogens with zero attached hydrogens (tertiary/aromatic N) is 2. The lowest BCUT2D eigenvalue weighted by Gasteiger charge is -2.25. The van der Waals surface area contributed by atoms with Gasteiger partial charge in [-0.3, -0.25) is 4.98 Å². The molecular weight excluding hydrogens is 250 g/mol. The molecule has 0 aliphatic carbocycles. The van der Waals surface area contributed by atoms with Gasteiger partial charge in [-0.1, -0.05) is 23.7 Å². The quantitative estimate of drug-likeness (QED) is 0.924. The summed E-state index contributed by atoms with van der Waals surface area (Å²) in [5, 5.41) is 0.632. The van der Waals surface area contributed by atoms with Crippen molar-refractivity contribution in [3.63, 3.8) is 0 Å². The third-order valence-electron chi connectivity index (χ3n) is 2.77. The largest absolute Gasteiger partial charge is 0.480 e. The molecule has 0 aliphatic rings. The summed E-state index contributed by atoms with van der Waals surface area (Å²) in [6.07, 6.45) is 3.16. The molecule has 94 valence electrons. The van der Waals surface area contributed by atoms with Gasteiger partial charge in [0, 0.05) is 17.4 Å². The smallest absolute Gasteiger partial charge is 0.237 e. The second kappa shape index (κ2) is 4.92. The Balaban J connectivity index is 2.54. The number of rotatable bonds is 3. The monoisotopic (exact) mass is 263 g/mol. The summed E-state index contributed by atoms with van der Waals surface area (Å²) in [5.74, 6) is 0.419. The van der Waals surface area contributed by atoms with Gasteiger partial charge in [0.05, 0.1) is 12.6 Å². The summed E-state index contributed by atoms with van der Waals surface area (Å²) in [7, 11) is 1.54. The van der Waals surface area contributed by atoms with Crippen LogP contribution in [0.1, 0.15) is 18.2 Å². The summed E-state index contributed by atoms with van der Waals surface area (Å²) >= 11 is 5.99. The summed E-state index contributed by atoms with van der Waals surface area (Å²) in [5.41, 5.74) is 6.98. The van der Waals surface area contributed by atoms with Crippen molar-refractivity contribution in [2.75, 3.05) is 7.11 Å². The van der Waals surface area contributed by atoms with E-state index >= 15 is 0 Å². The van der Waals surface area contributed by atoms with Crippen LogP contribution in [-0.2, 0) is 5.54 Å². The van der Waals surface area contributed by atoms with E-state index in [1.807, 2.05) is 25.1 Å². The van der Waals surface area contributed by atoms with Crippen molar-refractivity contribution >= 4 is 11.6 Å². The number of halogens is 1. The van der Waals surface area contributed by atoms with Gasteiger partial charge in [0.25, 0.3) is 0 Å². The molecule has 0 saturated carbocycles. The minimum Gasteiger partial charge on any atom is -0.480 e. The lowest BCUT2D eigenvalue weighted by atomic mass is 9.89. The molecule has 0 aliphatic heterocycles. The van der Waals surface area contributed by atoms with E-state index < -0.39 is 5.54 Å². The van der Waals surface area contributed by atoms with Crippen LogP contribution in [0.15, 0.2) is 36.7 Å². The van der Waals surface area contributed by atoms with E-state index in [0.29, 0.717) is 16.6 Å². The normalized spacial score (nSPS) is 14.0. The number of hydrogen-bond acceptors (Lipinski definition) is 4. The molecule has 1 heterocycles. The zero-order valence-electron chi connectivity index (χ0n) is 10.2. The maximum Gasteiger partial charge on any atom is 0.237 e. The molecule has 4 nitrogen and oxygen atoms in total. The van der Waals surface area contributed by atoms with E-state index in [2.05, 4.69) is 9.97 Å². The lowest BCUT2D eigenvalue weighted by Crippen LogP contribution is -2.36. The van der Waals surface area contributed by atoms with Crippen LogP contribution >= 0.6 is 11.6 Å². The summed E-state index contributed by atoms with van der Waals surface area (Å²) in [6, 6.07) is 7.37. The first-order valence-corrected chi connectivity index (χ1v) is 5.84. The third kappa shape index (κ3) is 2.30. The fraction of sp³-hybridized carbons (Fsp3) is 0.231. The first-order chi connectivity index (χ1) is 8.55. The highest BCUT2D eigenvalue weighted by Gasteiger charge is 2.29. The highest BCUT2D eigenvalue weighted by atomic mass is 35.5. The predicted molar refractivity (Wildman–Crippen MR) is 70.7 cm³/mol. The lowest BCUT2D eigenvalue weighted by molar-refractivity contribution is 0.376. The SMILES string of the molecule is COc1nccnc1C(C)(N)c1cccc(Cl)c1. The molecule has 0 fully saturated rings. The molecule has 2 aromatic rings. The fourth-order valence-corrected chi connectivity index (χ4v) is 1.97. The molecule has 1 unspecified atom stereocenters. The zero-order valence-corrected chi connectivity index (χ0v) is 11.0. The van der Waals surface area contributed by atoms with Crippen molar-refractivity contribution in [2.45, 2.75) is 12.5 Å². The molecule has 1 atom stereocenters. The van der Waals surface area contributed by atoms with Gasteiger partial charge in [0.1, 0.15) is 5.69 Å². The highest BCUT2D eigenvalue weighted by Crippen LogP contribution is 2.31. The van der Waals surface area contributed by atoms with Gasteiger partial charge >= 0.3 is 0 Å². The predicted octanol–water partition coefficient (Wildman–Crippen LogP) is 2.36. The number of hydrogen-bond donors (Lipinski definition) is 1. The number of aromatic nitrogens is 2. The summed E-state index contributed by atoms with van der Waals surface area (Å²) < 4.78 is 5.20. The van der Waals surface area contributed by atoms with Crippen LogP contribution in [0.25, 0.3) is 0 Å². The molecule has 5 heteroatoms. The Morgan fingerprint density at radius 2 is 2.00 bits per heavy atom. The molecule has 2 rings (SSSR count). The van der Waals surface area contributed by atoms with Gasteiger partial charge < -0.3 is 10.5 Å². The average Bonchev–Trinajstić information content (AvgIpc) is 2.38.